The van der Waals surface area contributed by atoms with Crippen molar-refractivity contribution in [3.63, 3.8) is 0 Å². The van der Waals surface area contributed by atoms with Crippen molar-refractivity contribution in [3.05, 3.63) is 0 Å². The van der Waals surface area contributed by atoms with Gasteiger partial charge in [0.1, 0.15) is 0 Å². The summed E-state index contributed by atoms with van der Waals surface area (Å²) < 4.78 is 4.66. The molecule has 0 aliphatic carbocycles. The first-order valence-electron chi connectivity index (χ1n) is 2.98. The van der Waals surface area contributed by atoms with Crippen molar-refractivity contribution >= 4 is 34.2 Å². The highest BCUT2D eigenvalue weighted by Gasteiger charge is 1.92. The van der Waals surface area contributed by atoms with Gasteiger partial charge in [-0.2, -0.15) is 0 Å². The lowest BCUT2D eigenvalue weighted by Gasteiger charge is -1.98. The van der Waals surface area contributed by atoms with E-state index in [9.17, 15) is 0 Å². The van der Waals surface area contributed by atoms with Gasteiger partial charge in [-0.25, -0.2) is 0 Å². The Morgan fingerprint density at radius 1 is 1.50 bits per heavy atom. The van der Waals surface area contributed by atoms with Crippen molar-refractivity contribution < 1.29 is 4.74 Å². The summed E-state index contributed by atoms with van der Waals surface area (Å²) in [6.07, 6.45) is 2.92. The Balaban J connectivity index is 0. The number of halogens is 2. The molecule has 4 heteroatoms. The van der Waals surface area contributed by atoms with E-state index in [4.69, 9.17) is 5.41 Å². The van der Waals surface area contributed by atoms with Crippen LogP contribution in [0.15, 0.2) is 0 Å². The lowest BCUT2D eigenvalue weighted by Crippen LogP contribution is -1.97. The monoisotopic (exact) mass is 229 g/mol. The lowest BCUT2D eigenvalue weighted by molar-refractivity contribution is 0.384. The minimum Gasteiger partial charge on any atom is -0.484 e. The summed E-state index contributed by atoms with van der Waals surface area (Å²) in [5.41, 5.74) is 0. The lowest BCUT2D eigenvalue weighted by atomic mass is 10.2. The van der Waals surface area contributed by atoms with E-state index in [0.29, 0.717) is 5.90 Å². The van der Waals surface area contributed by atoms with Crippen LogP contribution in [0.25, 0.3) is 0 Å². The molecule has 10 heavy (non-hydrogen) atoms. The van der Waals surface area contributed by atoms with Gasteiger partial charge in [0.15, 0.2) is 5.90 Å². The molecule has 2 nitrogen and oxygen atoms in total. The molecular formula is C6H13BrClNO. The predicted octanol–water partition coefficient (Wildman–Crippen LogP) is 2.60. The van der Waals surface area contributed by atoms with Gasteiger partial charge in [0.05, 0.1) is 7.11 Å². The van der Waals surface area contributed by atoms with Crippen molar-refractivity contribution in [1.82, 2.24) is 0 Å². The second-order valence-electron chi connectivity index (χ2n) is 1.77. The van der Waals surface area contributed by atoms with Crippen molar-refractivity contribution in [3.8, 4) is 0 Å². The zero-order valence-electron chi connectivity index (χ0n) is 6.02. The Morgan fingerprint density at radius 3 is 2.50 bits per heavy atom. The van der Waals surface area contributed by atoms with Gasteiger partial charge < -0.3 is 4.74 Å². The third-order valence-corrected chi connectivity index (χ3v) is 1.59. The number of hydrogen-bond donors (Lipinski definition) is 1. The summed E-state index contributed by atoms with van der Waals surface area (Å²) in [4.78, 5) is 0. The zero-order valence-corrected chi connectivity index (χ0v) is 8.43. The number of methoxy groups -OCH3 is 1. The van der Waals surface area contributed by atoms with Gasteiger partial charge >= 0.3 is 0 Å². The van der Waals surface area contributed by atoms with Crippen molar-refractivity contribution in [2.45, 2.75) is 19.3 Å². The Labute approximate surface area is 76.4 Å². The van der Waals surface area contributed by atoms with Crippen LogP contribution in [0, 0.1) is 5.41 Å². The number of rotatable bonds is 4. The fourth-order valence-corrected chi connectivity index (χ4v) is 0.879. The van der Waals surface area contributed by atoms with Gasteiger partial charge in [-0.15, -0.1) is 12.4 Å². The Bertz CT molecular complexity index is 89.8. The zero-order chi connectivity index (χ0) is 7.11. The molecule has 0 fully saturated rings. The fourth-order valence-electron chi connectivity index (χ4n) is 0.482. The first-order chi connectivity index (χ1) is 4.31. The van der Waals surface area contributed by atoms with E-state index in [1.165, 1.54) is 7.11 Å². The molecule has 0 saturated heterocycles. The smallest absolute Gasteiger partial charge is 0.180 e. The van der Waals surface area contributed by atoms with E-state index in [1.807, 2.05) is 0 Å². The van der Waals surface area contributed by atoms with Crippen LogP contribution in [0.3, 0.4) is 0 Å². The highest BCUT2D eigenvalue weighted by Crippen LogP contribution is 1.99. The van der Waals surface area contributed by atoms with Gasteiger partial charge in [0.25, 0.3) is 0 Å². The van der Waals surface area contributed by atoms with Crippen LogP contribution in [-0.2, 0) is 4.74 Å². The van der Waals surface area contributed by atoms with Gasteiger partial charge in [-0.1, -0.05) is 15.9 Å². The minimum absolute atomic E-state index is 0. The van der Waals surface area contributed by atoms with Crippen molar-refractivity contribution in [1.29, 1.82) is 5.41 Å². The number of nitrogens with one attached hydrogen (secondary N) is 1. The molecule has 0 heterocycles. The minimum atomic E-state index is 0. The van der Waals surface area contributed by atoms with E-state index in [-0.39, 0.29) is 12.4 Å². The molecule has 1 N–H and O–H groups in total. The first-order valence-corrected chi connectivity index (χ1v) is 4.10. The summed E-state index contributed by atoms with van der Waals surface area (Å²) >= 11 is 3.31. The van der Waals surface area contributed by atoms with Crippen LogP contribution in [0.2, 0.25) is 0 Å². The molecule has 0 aliphatic heterocycles. The molecule has 0 rings (SSSR count). The molecule has 0 bridgehead atoms. The SMILES string of the molecule is COC(=N)CCCCBr.Cl. The molecule has 0 unspecified atom stereocenters. The fraction of sp³-hybridized carbons (Fsp3) is 0.833. The largest absolute Gasteiger partial charge is 0.484 e. The highest BCUT2D eigenvalue weighted by atomic mass is 79.9. The van der Waals surface area contributed by atoms with E-state index in [1.54, 1.807) is 0 Å². The predicted molar refractivity (Wildman–Crippen MR) is 49.6 cm³/mol. The van der Waals surface area contributed by atoms with E-state index in [0.717, 1.165) is 24.6 Å². The van der Waals surface area contributed by atoms with Crippen molar-refractivity contribution in [2.75, 3.05) is 12.4 Å². The van der Waals surface area contributed by atoms with E-state index in [2.05, 4.69) is 20.7 Å². The molecule has 0 aromatic carbocycles. The van der Waals surface area contributed by atoms with Crippen LogP contribution in [0.4, 0.5) is 0 Å². The average Bonchev–Trinajstić information content (AvgIpc) is 1.89. The quantitative estimate of drug-likeness (QED) is 0.342. The summed E-state index contributed by atoms with van der Waals surface area (Å²) in [6.45, 7) is 0. The maximum absolute atomic E-state index is 7.08. The maximum Gasteiger partial charge on any atom is 0.180 e. The third-order valence-electron chi connectivity index (χ3n) is 1.03. The molecule has 62 valence electrons. The van der Waals surface area contributed by atoms with E-state index < -0.39 is 0 Å². The highest BCUT2D eigenvalue weighted by molar-refractivity contribution is 9.09. The number of alkyl halides is 1. The summed E-state index contributed by atoms with van der Waals surface area (Å²) in [5, 5.41) is 8.10. The standard InChI is InChI=1S/C6H12BrNO.ClH/c1-9-6(8)4-2-3-5-7;/h8H,2-5H2,1H3;1H. The number of hydrogen-bond acceptors (Lipinski definition) is 2. The molecule has 0 atom stereocenters. The molecule has 0 aliphatic rings. The van der Waals surface area contributed by atoms with Gasteiger partial charge in [-0.3, -0.25) is 5.41 Å². The number of ether oxygens (including phenoxy) is 1. The van der Waals surface area contributed by atoms with Crippen LogP contribution in [0.1, 0.15) is 19.3 Å². The third kappa shape index (κ3) is 8.24. The Kier molecular flexibility index (Phi) is 11.9. The molecule has 0 radical (unpaired) electrons. The summed E-state index contributed by atoms with van der Waals surface area (Å²) in [7, 11) is 1.54. The second-order valence-corrected chi connectivity index (χ2v) is 2.57. The summed E-state index contributed by atoms with van der Waals surface area (Å²) in [6, 6.07) is 0. The summed E-state index contributed by atoms with van der Waals surface area (Å²) in [5.74, 6) is 0.385. The molecule has 0 aromatic rings. The number of unbranched alkanes of at least 4 members (excludes halogenated alkanes) is 1. The molecule has 0 spiro atoms. The van der Waals surface area contributed by atoms with Gasteiger partial charge in [0.2, 0.25) is 0 Å². The Morgan fingerprint density at radius 2 is 2.10 bits per heavy atom. The second kappa shape index (κ2) is 9.24. The normalized spacial score (nSPS) is 8.20. The van der Waals surface area contributed by atoms with Gasteiger partial charge in [0, 0.05) is 11.8 Å². The topological polar surface area (TPSA) is 33.1 Å². The Hall–Kier alpha value is 0.240. The van der Waals surface area contributed by atoms with Crippen LogP contribution < -0.4 is 0 Å². The van der Waals surface area contributed by atoms with Crippen LogP contribution >= 0.6 is 28.3 Å². The van der Waals surface area contributed by atoms with E-state index >= 15 is 0 Å². The maximum atomic E-state index is 7.08. The first kappa shape index (κ1) is 12.9. The molecule has 0 amide bonds. The van der Waals surface area contributed by atoms with Crippen LogP contribution in [0.5, 0.6) is 0 Å². The van der Waals surface area contributed by atoms with Crippen molar-refractivity contribution in [2.24, 2.45) is 0 Å². The molecule has 0 saturated carbocycles. The van der Waals surface area contributed by atoms with Gasteiger partial charge in [-0.05, 0) is 12.8 Å². The van der Waals surface area contributed by atoms with Crippen LogP contribution in [-0.4, -0.2) is 18.3 Å². The molecular weight excluding hydrogens is 217 g/mol. The molecule has 0 aromatic heterocycles. The average molecular weight is 231 g/mol.